The fraction of sp³-hybridized carbons (Fsp3) is 0.533. The average molecular weight is 278 g/mol. The molecule has 1 heterocycles. The van der Waals surface area contributed by atoms with E-state index in [1.54, 1.807) is 7.11 Å². The number of amides is 1. The van der Waals surface area contributed by atoms with Crippen LogP contribution >= 0.6 is 0 Å². The van der Waals surface area contributed by atoms with Gasteiger partial charge in [-0.3, -0.25) is 4.79 Å². The molecule has 1 saturated heterocycles. The van der Waals surface area contributed by atoms with Gasteiger partial charge in [-0.05, 0) is 30.7 Å². The number of methoxy groups -OCH3 is 1. The Labute approximate surface area is 119 Å². The highest BCUT2D eigenvalue weighted by Crippen LogP contribution is 2.12. The number of benzene rings is 1. The zero-order chi connectivity index (χ0) is 14.2. The minimum Gasteiger partial charge on any atom is -0.491 e. The van der Waals surface area contributed by atoms with Crippen LogP contribution in [0.3, 0.4) is 0 Å². The Bertz CT molecular complexity index is 414. The second kappa shape index (κ2) is 7.87. The molecule has 0 radical (unpaired) electrons. The Morgan fingerprint density at radius 2 is 2.15 bits per heavy atom. The molecule has 5 nitrogen and oxygen atoms in total. The van der Waals surface area contributed by atoms with E-state index in [-0.39, 0.29) is 11.8 Å². The lowest BCUT2D eigenvalue weighted by Crippen LogP contribution is -2.31. The van der Waals surface area contributed by atoms with Crippen molar-refractivity contribution in [2.45, 2.75) is 13.0 Å². The molecule has 20 heavy (non-hydrogen) atoms. The van der Waals surface area contributed by atoms with E-state index in [2.05, 4.69) is 10.6 Å². The van der Waals surface area contributed by atoms with Crippen LogP contribution < -0.4 is 15.4 Å². The van der Waals surface area contributed by atoms with Gasteiger partial charge in [0.05, 0.1) is 12.5 Å². The molecule has 0 aliphatic carbocycles. The van der Waals surface area contributed by atoms with Crippen LogP contribution in [0, 0.1) is 5.92 Å². The second-order valence-electron chi connectivity index (χ2n) is 4.89. The van der Waals surface area contributed by atoms with Gasteiger partial charge in [0, 0.05) is 20.2 Å². The summed E-state index contributed by atoms with van der Waals surface area (Å²) >= 11 is 0. The Morgan fingerprint density at radius 1 is 1.35 bits per heavy atom. The first-order valence-electron chi connectivity index (χ1n) is 6.98. The normalized spacial score (nSPS) is 17.9. The Balaban J connectivity index is 1.74. The van der Waals surface area contributed by atoms with Crippen LogP contribution in [0.5, 0.6) is 5.75 Å². The molecule has 1 aliphatic rings. The van der Waals surface area contributed by atoms with Crippen LogP contribution in [0.1, 0.15) is 12.0 Å². The number of carbonyl (C=O) groups is 1. The highest BCUT2D eigenvalue weighted by atomic mass is 16.5. The molecule has 1 atom stereocenters. The average Bonchev–Trinajstić information content (AvgIpc) is 3.01. The van der Waals surface area contributed by atoms with Gasteiger partial charge in [-0.2, -0.15) is 0 Å². The lowest BCUT2D eigenvalue weighted by atomic mass is 10.1. The van der Waals surface area contributed by atoms with Crippen LogP contribution in [0.15, 0.2) is 24.3 Å². The number of hydrogen-bond acceptors (Lipinski definition) is 4. The van der Waals surface area contributed by atoms with Gasteiger partial charge in [0.15, 0.2) is 0 Å². The first kappa shape index (κ1) is 14.8. The van der Waals surface area contributed by atoms with Crippen molar-refractivity contribution >= 4 is 5.91 Å². The summed E-state index contributed by atoms with van der Waals surface area (Å²) in [5.74, 6) is 1.07. The number of rotatable bonds is 7. The molecule has 1 aromatic rings. The third-order valence-electron chi connectivity index (χ3n) is 3.38. The van der Waals surface area contributed by atoms with Gasteiger partial charge < -0.3 is 20.1 Å². The molecule has 0 bridgehead atoms. The summed E-state index contributed by atoms with van der Waals surface area (Å²) in [7, 11) is 1.65. The van der Waals surface area contributed by atoms with Crippen LogP contribution in [0.25, 0.3) is 0 Å². The lowest BCUT2D eigenvalue weighted by molar-refractivity contribution is -0.124. The van der Waals surface area contributed by atoms with E-state index < -0.39 is 0 Å². The van der Waals surface area contributed by atoms with Gasteiger partial charge in [0.1, 0.15) is 12.4 Å². The van der Waals surface area contributed by atoms with E-state index in [4.69, 9.17) is 9.47 Å². The molecule has 0 aromatic heterocycles. The fourth-order valence-corrected chi connectivity index (χ4v) is 2.16. The van der Waals surface area contributed by atoms with E-state index in [0.717, 1.165) is 30.8 Å². The molecule has 2 N–H and O–H groups in total. The minimum atomic E-state index is 0.117. The van der Waals surface area contributed by atoms with Gasteiger partial charge in [-0.15, -0.1) is 0 Å². The maximum absolute atomic E-state index is 11.9. The molecule has 2 rings (SSSR count). The van der Waals surface area contributed by atoms with Crippen LogP contribution in [0.2, 0.25) is 0 Å². The molecule has 1 amide bonds. The summed E-state index contributed by atoms with van der Waals surface area (Å²) in [6.45, 7) is 3.41. The monoisotopic (exact) mass is 278 g/mol. The Hall–Kier alpha value is -1.59. The summed E-state index contributed by atoms with van der Waals surface area (Å²) in [5.41, 5.74) is 1.07. The standard InChI is InChI=1S/C15H22N2O3/c1-19-8-9-20-14-4-2-12(3-5-14)10-17-15(18)13-6-7-16-11-13/h2-5,13,16H,6-11H2,1H3,(H,17,18). The Morgan fingerprint density at radius 3 is 2.80 bits per heavy atom. The maximum atomic E-state index is 11.9. The third-order valence-corrected chi connectivity index (χ3v) is 3.38. The molecule has 1 fully saturated rings. The van der Waals surface area contributed by atoms with Crippen molar-refractivity contribution in [2.75, 3.05) is 33.4 Å². The van der Waals surface area contributed by atoms with Crippen molar-refractivity contribution in [1.29, 1.82) is 0 Å². The second-order valence-corrected chi connectivity index (χ2v) is 4.89. The predicted octanol–water partition coefficient (Wildman–Crippen LogP) is 0.937. The fourth-order valence-electron chi connectivity index (χ4n) is 2.16. The zero-order valence-electron chi connectivity index (χ0n) is 11.9. The molecular formula is C15H22N2O3. The summed E-state index contributed by atoms with van der Waals surface area (Å²) in [6.07, 6.45) is 0.929. The summed E-state index contributed by atoms with van der Waals surface area (Å²) in [6, 6.07) is 7.76. The molecule has 1 aliphatic heterocycles. The zero-order valence-corrected chi connectivity index (χ0v) is 11.9. The predicted molar refractivity (Wildman–Crippen MR) is 76.6 cm³/mol. The first-order chi connectivity index (χ1) is 9.79. The summed E-state index contributed by atoms with van der Waals surface area (Å²) in [4.78, 5) is 11.9. The number of hydrogen-bond donors (Lipinski definition) is 2. The quantitative estimate of drug-likeness (QED) is 0.729. The Kier molecular flexibility index (Phi) is 5.83. The van der Waals surface area contributed by atoms with Gasteiger partial charge >= 0.3 is 0 Å². The van der Waals surface area contributed by atoms with Crippen molar-refractivity contribution in [3.63, 3.8) is 0 Å². The largest absolute Gasteiger partial charge is 0.491 e. The molecule has 1 aromatic carbocycles. The number of ether oxygens (including phenoxy) is 2. The SMILES string of the molecule is COCCOc1ccc(CNC(=O)C2CCNC2)cc1. The number of carbonyl (C=O) groups excluding carboxylic acids is 1. The van der Waals surface area contributed by atoms with Gasteiger partial charge in [0.25, 0.3) is 0 Å². The molecule has 0 saturated carbocycles. The smallest absolute Gasteiger partial charge is 0.224 e. The van der Waals surface area contributed by atoms with Crippen molar-refractivity contribution in [3.8, 4) is 5.75 Å². The van der Waals surface area contributed by atoms with Gasteiger partial charge in [-0.1, -0.05) is 12.1 Å². The molecule has 0 spiro atoms. The van der Waals surface area contributed by atoms with E-state index in [1.165, 1.54) is 0 Å². The van der Waals surface area contributed by atoms with Gasteiger partial charge in [-0.25, -0.2) is 0 Å². The number of nitrogens with one attached hydrogen (secondary N) is 2. The van der Waals surface area contributed by atoms with Gasteiger partial charge in [0.2, 0.25) is 5.91 Å². The third kappa shape index (κ3) is 4.51. The first-order valence-corrected chi connectivity index (χ1v) is 6.98. The molecule has 5 heteroatoms. The highest BCUT2D eigenvalue weighted by Gasteiger charge is 2.21. The molecule has 1 unspecified atom stereocenters. The van der Waals surface area contributed by atoms with E-state index in [9.17, 15) is 4.79 Å². The summed E-state index contributed by atoms with van der Waals surface area (Å²) < 4.78 is 10.4. The highest BCUT2D eigenvalue weighted by molar-refractivity contribution is 5.79. The maximum Gasteiger partial charge on any atom is 0.224 e. The van der Waals surface area contributed by atoms with Crippen molar-refractivity contribution in [3.05, 3.63) is 29.8 Å². The van der Waals surface area contributed by atoms with Crippen LogP contribution in [-0.4, -0.2) is 39.3 Å². The topological polar surface area (TPSA) is 59.6 Å². The molecule has 110 valence electrons. The van der Waals surface area contributed by atoms with E-state index >= 15 is 0 Å². The van der Waals surface area contributed by atoms with E-state index in [0.29, 0.717) is 19.8 Å². The van der Waals surface area contributed by atoms with Crippen molar-refractivity contribution in [1.82, 2.24) is 10.6 Å². The molecular weight excluding hydrogens is 256 g/mol. The van der Waals surface area contributed by atoms with E-state index in [1.807, 2.05) is 24.3 Å². The lowest BCUT2D eigenvalue weighted by Gasteiger charge is -2.10. The van der Waals surface area contributed by atoms with Crippen LogP contribution in [-0.2, 0) is 16.1 Å². The van der Waals surface area contributed by atoms with Crippen molar-refractivity contribution in [2.24, 2.45) is 5.92 Å². The summed E-state index contributed by atoms with van der Waals surface area (Å²) in [5, 5.41) is 6.17. The van der Waals surface area contributed by atoms with Crippen molar-refractivity contribution < 1.29 is 14.3 Å². The minimum absolute atomic E-state index is 0.117. The van der Waals surface area contributed by atoms with Crippen LogP contribution in [0.4, 0.5) is 0 Å².